The van der Waals surface area contributed by atoms with Gasteiger partial charge < -0.3 is 10.1 Å². The van der Waals surface area contributed by atoms with Crippen LogP contribution in [0.4, 0.5) is 4.39 Å². The summed E-state index contributed by atoms with van der Waals surface area (Å²) in [5, 5.41) is 2.91. The van der Waals surface area contributed by atoms with Gasteiger partial charge >= 0.3 is 0 Å². The summed E-state index contributed by atoms with van der Waals surface area (Å²) in [7, 11) is -0.335. The molecule has 1 aliphatic rings. The maximum atomic E-state index is 13.5. The minimum Gasteiger partial charge on any atom is -0.384 e. The average molecular weight is 316 g/mol. The predicted molar refractivity (Wildman–Crippen MR) is 77.9 cm³/mol. The highest BCUT2D eigenvalue weighted by atomic mass is 32.2. The lowest BCUT2D eigenvalue weighted by Crippen LogP contribution is -2.30. The van der Waals surface area contributed by atoms with Gasteiger partial charge in [-0.2, -0.15) is 4.31 Å². The molecule has 0 radical (unpaired) electrons. The fourth-order valence-corrected chi connectivity index (χ4v) is 4.40. The molecule has 1 fully saturated rings. The molecule has 1 saturated heterocycles. The van der Waals surface area contributed by atoms with E-state index in [1.165, 1.54) is 16.4 Å². The molecule has 7 heteroatoms. The summed E-state index contributed by atoms with van der Waals surface area (Å²) in [4.78, 5) is 0.0508. The first kappa shape index (κ1) is 16.4. The maximum Gasteiger partial charge on any atom is 0.243 e. The predicted octanol–water partition coefficient (Wildman–Crippen LogP) is 1.20. The fraction of sp³-hybridized carbons (Fsp3) is 0.571. The Kier molecular flexibility index (Phi) is 5.32. The van der Waals surface area contributed by atoms with Crippen LogP contribution in [-0.2, 0) is 21.3 Å². The first-order valence-corrected chi connectivity index (χ1v) is 8.35. The summed E-state index contributed by atoms with van der Waals surface area (Å²) in [6.45, 7) is 1.79. The van der Waals surface area contributed by atoms with Crippen LogP contribution in [0, 0.1) is 11.7 Å². The molecule has 1 N–H and O–H groups in total. The van der Waals surface area contributed by atoms with Crippen LogP contribution in [-0.4, -0.2) is 46.6 Å². The molecular formula is C14H21FN2O3S. The molecule has 2 rings (SSSR count). The summed E-state index contributed by atoms with van der Waals surface area (Å²) >= 11 is 0. The lowest BCUT2D eigenvalue weighted by Gasteiger charge is -2.19. The second kappa shape index (κ2) is 6.83. The molecule has 118 valence electrons. The van der Waals surface area contributed by atoms with E-state index in [0.717, 1.165) is 12.5 Å². The molecule has 1 heterocycles. The largest absolute Gasteiger partial charge is 0.384 e. The van der Waals surface area contributed by atoms with Crippen molar-refractivity contribution in [1.82, 2.24) is 9.62 Å². The Morgan fingerprint density at radius 3 is 2.90 bits per heavy atom. The minimum atomic E-state index is -3.67. The van der Waals surface area contributed by atoms with Crippen LogP contribution >= 0.6 is 0 Å². The van der Waals surface area contributed by atoms with E-state index in [-0.39, 0.29) is 10.8 Å². The van der Waals surface area contributed by atoms with Crippen molar-refractivity contribution in [3.63, 3.8) is 0 Å². The number of ether oxygens (including phenoxy) is 1. The summed E-state index contributed by atoms with van der Waals surface area (Å²) in [5.74, 6) is -0.341. The minimum absolute atomic E-state index is 0.0508. The van der Waals surface area contributed by atoms with Gasteiger partial charge in [0.1, 0.15) is 5.82 Å². The van der Waals surface area contributed by atoms with Crippen molar-refractivity contribution < 1.29 is 17.5 Å². The number of hydrogen-bond acceptors (Lipinski definition) is 4. The van der Waals surface area contributed by atoms with Gasteiger partial charge in [-0.05, 0) is 37.1 Å². The second-order valence-corrected chi connectivity index (χ2v) is 7.16. The van der Waals surface area contributed by atoms with Crippen molar-refractivity contribution >= 4 is 10.0 Å². The highest BCUT2D eigenvalue weighted by Crippen LogP contribution is 2.27. The highest BCUT2D eigenvalue weighted by Gasteiger charge is 2.33. The lowest BCUT2D eigenvalue weighted by molar-refractivity contribution is 0.157. The van der Waals surface area contributed by atoms with Gasteiger partial charge in [-0.1, -0.05) is 6.07 Å². The number of nitrogens with zero attached hydrogens (tertiary/aromatic N) is 1. The van der Waals surface area contributed by atoms with Gasteiger partial charge in [0, 0.05) is 26.7 Å². The molecule has 5 nitrogen and oxygen atoms in total. The molecule has 0 amide bonds. The van der Waals surface area contributed by atoms with E-state index in [9.17, 15) is 12.8 Å². The van der Waals surface area contributed by atoms with Crippen LogP contribution in [0.2, 0.25) is 0 Å². The van der Waals surface area contributed by atoms with E-state index < -0.39 is 15.8 Å². The number of nitrogens with one attached hydrogen (secondary N) is 1. The Morgan fingerprint density at radius 1 is 1.48 bits per heavy atom. The number of sulfonamides is 1. The summed E-state index contributed by atoms with van der Waals surface area (Å²) in [5.41, 5.74) is 0.578. The van der Waals surface area contributed by atoms with Gasteiger partial charge in [-0.25, -0.2) is 12.8 Å². The van der Waals surface area contributed by atoms with Crippen LogP contribution in [0.15, 0.2) is 23.1 Å². The third-order valence-electron chi connectivity index (χ3n) is 3.67. The SMILES string of the molecule is CNCc1ccc(F)cc1S(=O)(=O)N1CCC(COC)C1. The zero-order valence-corrected chi connectivity index (χ0v) is 13.1. The third-order valence-corrected chi connectivity index (χ3v) is 5.61. The Hall–Kier alpha value is -1.02. The standard InChI is InChI=1S/C14H21FN2O3S/c1-16-8-12-3-4-13(15)7-14(12)21(18,19)17-6-5-11(9-17)10-20-2/h3-4,7,11,16H,5-6,8-10H2,1-2H3. The topological polar surface area (TPSA) is 58.6 Å². The van der Waals surface area contributed by atoms with E-state index in [1.54, 1.807) is 14.2 Å². The van der Waals surface area contributed by atoms with Crippen LogP contribution < -0.4 is 5.32 Å². The van der Waals surface area contributed by atoms with Crippen molar-refractivity contribution in [2.24, 2.45) is 5.92 Å². The van der Waals surface area contributed by atoms with Crippen molar-refractivity contribution in [1.29, 1.82) is 0 Å². The van der Waals surface area contributed by atoms with Crippen molar-refractivity contribution in [3.05, 3.63) is 29.6 Å². The molecule has 0 bridgehead atoms. The number of methoxy groups -OCH3 is 1. The lowest BCUT2D eigenvalue weighted by atomic mass is 10.1. The van der Waals surface area contributed by atoms with Gasteiger partial charge in [0.05, 0.1) is 11.5 Å². The van der Waals surface area contributed by atoms with Gasteiger partial charge in [0.2, 0.25) is 10.0 Å². The molecule has 0 spiro atoms. The zero-order chi connectivity index (χ0) is 15.5. The molecule has 0 aliphatic carbocycles. The number of halogens is 1. The van der Waals surface area contributed by atoms with Crippen molar-refractivity contribution in [2.45, 2.75) is 17.9 Å². The third kappa shape index (κ3) is 3.60. The van der Waals surface area contributed by atoms with Gasteiger partial charge in [-0.3, -0.25) is 0 Å². The molecule has 0 aromatic heterocycles. The number of rotatable bonds is 6. The molecule has 21 heavy (non-hydrogen) atoms. The van der Waals surface area contributed by atoms with Gasteiger partial charge in [0.15, 0.2) is 0 Å². The van der Waals surface area contributed by atoms with E-state index in [4.69, 9.17) is 4.74 Å². The molecule has 1 aromatic carbocycles. The Labute approximate surface area is 125 Å². The monoisotopic (exact) mass is 316 g/mol. The van der Waals surface area contributed by atoms with E-state index in [2.05, 4.69) is 5.32 Å². The van der Waals surface area contributed by atoms with Crippen LogP contribution in [0.3, 0.4) is 0 Å². The van der Waals surface area contributed by atoms with Gasteiger partial charge in [-0.15, -0.1) is 0 Å². The maximum absolute atomic E-state index is 13.5. The second-order valence-electron chi connectivity index (χ2n) is 5.26. The Morgan fingerprint density at radius 2 is 2.24 bits per heavy atom. The van der Waals surface area contributed by atoms with Crippen LogP contribution in [0.25, 0.3) is 0 Å². The summed E-state index contributed by atoms with van der Waals surface area (Å²) < 4.78 is 45.4. The number of benzene rings is 1. The molecular weight excluding hydrogens is 295 g/mol. The summed E-state index contributed by atoms with van der Waals surface area (Å²) in [6.07, 6.45) is 0.768. The van der Waals surface area contributed by atoms with Crippen molar-refractivity contribution in [3.8, 4) is 0 Å². The van der Waals surface area contributed by atoms with Crippen LogP contribution in [0.5, 0.6) is 0 Å². The van der Waals surface area contributed by atoms with Crippen molar-refractivity contribution in [2.75, 3.05) is 33.9 Å². The van der Waals surface area contributed by atoms with E-state index >= 15 is 0 Å². The number of hydrogen-bond donors (Lipinski definition) is 1. The normalized spacial score (nSPS) is 20.0. The van der Waals surface area contributed by atoms with Gasteiger partial charge in [0.25, 0.3) is 0 Å². The summed E-state index contributed by atoms with van der Waals surface area (Å²) in [6, 6.07) is 3.90. The zero-order valence-electron chi connectivity index (χ0n) is 12.3. The molecule has 1 aliphatic heterocycles. The molecule has 0 saturated carbocycles. The molecule has 1 aromatic rings. The van der Waals surface area contributed by atoms with E-state index in [1.807, 2.05) is 0 Å². The first-order valence-electron chi connectivity index (χ1n) is 6.91. The smallest absolute Gasteiger partial charge is 0.243 e. The van der Waals surface area contributed by atoms with Crippen LogP contribution in [0.1, 0.15) is 12.0 Å². The first-order chi connectivity index (χ1) is 9.98. The molecule has 1 unspecified atom stereocenters. The van der Waals surface area contributed by atoms with E-state index in [0.29, 0.717) is 31.8 Å². The highest BCUT2D eigenvalue weighted by molar-refractivity contribution is 7.89. The average Bonchev–Trinajstić information content (AvgIpc) is 2.91. The fourth-order valence-electron chi connectivity index (χ4n) is 2.63. The molecule has 1 atom stereocenters. The Bertz CT molecular complexity index is 592. The Balaban J connectivity index is 2.29. The quantitative estimate of drug-likeness (QED) is 0.857.